The third-order valence-electron chi connectivity index (χ3n) is 3.70. The number of urea groups is 1. The third-order valence-corrected chi connectivity index (χ3v) is 3.70. The van der Waals surface area contributed by atoms with E-state index >= 15 is 0 Å². The fraction of sp³-hybridized carbons (Fsp3) is 0.533. The number of hydrogen-bond donors (Lipinski definition) is 1. The van der Waals surface area contributed by atoms with Gasteiger partial charge in [0.2, 0.25) is 0 Å². The molecular weight excluding hydrogens is 240 g/mol. The molecule has 0 unspecified atom stereocenters. The molecule has 0 aliphatic heterocycles. The number of methoxy groups -OCH3 is 1. The lowest BCUT2D eigenvalue weighted by Gasteiger charge is -2.26. The molecule has 0 aromatic heterocycles. The average Bonchev–Trinajstić information content (AvgIpc) is 2.47. The number of benzene rings is 1. The van der Waals surface area contributed by atoms with E-state index in [1.54, 1.807) is 19.1 Å². The molecule has 1 fully saturated rings. The highest BCUT2D eigenvalue weighted by Gasteiger charge is 2.18. The number of amides is 2. The number of carbonyl (C=O) groups is 1. The van der Waals surface area contributed by atoms with Gasteiger partial charge in [-0.1, -0.05) is 19.3 Å². The van der Waals surface area contributed by atoms with Crippen molar-refractivity contribution in [3.8, 4) is 5.75 Å². The van der Waals surface area contributed by atoms with E-state index in [1.807, 2.05) is 24.3 Å². The molecule has 1 saturated carbocycles. The number of ether oxygens (including phenoxy) is 1. The molecule has 0 heterocycles. The van der Waals surface area contributed by atoms with E-state index in [9.17, 15) is 4.79 Å². The lowest BCUT2D eigenvalue weighted by Crippen LogP contribution is -2.43. The standard InChI is InChI=1S/C15H22N2O2/c1-17(13-8-10-14(19-2)11-9-13)15(18)16-12-6-4-3-5-7-12/h8-12H,3-7H2,1-2H3,(H,16,18). The summed E-state index contributed by atoms with van der Waals surface area (Å²) < 4.78 is 5.11. The van der Waals surface area contributed by atoms with Gasteiger partial charge in [-0.2, -0.15) is 0 Å². The SMILES string of the molecule is COc1ccc(N(C)C(=O)NC2CCCCC2)cc1. The maximum absolute atomic E-state index is 12.1. The van der Waals surface area contributed by atoms with Crippen molar-refractivity contribution < 1.29 is 9.53 Å². The Morgan fingerprint density at radius 3 is 2.42 bits per heavy atom. The van der Waals surface area contributed by atoms with Crippen molar-refractivity contribution in [2.45, 2.75) is 38.1 Å². The zero-order valence-electron chi connectivity index (χ0n) is 11.7. The smallest absolute Gasteiger partial charge is 0.321 e. The van der Waals surface area contributed by atoms with Gasteiger partial charge in [0.25, 0.3) is 0 Å². The number of nitrogens with zero attached hydrogens (tertiary/aromatic N) is 1. The molecule has 4 nitrogen and oxygen atoms in total. The average molecular weight is 262 g/mol. The molecule has 0 radical (unpaired) electrons. The van der Waals surface area contributed by atoms with Gasteiger partial charge >= 0.3 is 6.03 Å². The largest absolute Gasteiger partial charge is 0.497 e. The van der Waals surface area contributed by atoms with Crippen LogP contribution in [-0.2, 0) is 0 Å². The van der Waals surface area contributed by atoms with E-state index in [0.29, 0.717) is 6.04 Å². The number of anilines is 1. The Morgan fingerprint density at radius 2 is 1.84 bits per heavy atom. The van der Waals surface area contributed by atoms with Crippen LogP contribution in [-0.4, -0.2) is 26.2 Å². The Bertz CT molecular complexity index is 411. The van der Waals surface area contributed by atoms with Crippen LogP contribution in [0.4, 0.5) is 10.5 Å². The van der Waals surface area contributed by atoms with Gasteiger partial charge in [0.1, 0.15) is 5.75 Å². The van der Waals surface area contributed by atoms with Crippen LogP contribution < -0.4 is 15.0 Å². The van der Waals surface area contributed by atoms with Gasteiger partial charge in [0.05, 0.1) is 7.11 Å². The molecule has 1 aromatic rings. The number of carbonyl (C=O) groups excluding carboxylic acids is 1. The van der Waals surface area contributed by atoms with E-state index in [1.165, 1.54) is 19.3 Å². The minimum Gasteiger partial charge on any atom is -0.497 e. The predicted molar refractivity (Wildman–Crippen MR) is 76.8 cm³/mol. The molecule has 2 amide bonds. The van der Waals surface area contributed by atoms with Crippen molar-refractivity contribution in [3.05, 3.63) is 24.3 Å². The number of nitrogens with one attached hydrogen (secondary N) is 1. The summed E-state index contributed by atoms with van der Waals surface area (Å²) in [5, 5.41) is 3.10. The highest BCUT2D eigenvalue weighted by molar-refractivity contribution is 5.91. The summed E-state index contributed by atoms with van der Waals surface area (Å²) in [4.78, 5) is 13.8. The Labute approximate surface area is 114 Å². The predicted octanol–water partition coefficient (Wildman–Crippen LogP) is 3.17. The van der Waals surface area contributed by atoms with Crippen LogP contribution in [0.25, 0.3) is 0 Å². The van der Waals surface area contributed by atoms with E-state index in [4.69, 9.17) is 4.74 Å². The molecule has 1 N–H and O–H groups in total. The van der Waals surface area contributed by atoms with Crippen LogP contribution in [0.5, 0.6) is 5.75 Å². The third kappa shape index (κ3) is 3.63. The topological polar surface area (TPSA) is 41.6 Å². The van der Waals surface area contributed by atoms with Crippen molar-refractivity contribution in [1.82, 2.24) is 5.32 Å². The summed E-state index contributed by atoms with van der Waals surface area (Å²) in [6, 6.07) is 7.80. The summed E-state index contributed by atoms with van der Waals surface area (Å²) >= 11 is 0. The van der Waals surface area contributed by atoms with Gasteiger partial charge in [-0.15, -0.1) is 0 Å². The summed E-state index contributed by atoms with van der Waals surface area (Å²) in [6.07, 6.45) is 5.93. The summed E-state index contributed by atoms with van der Waals surface area (Å²) in [6.45, 7) is 0. The summed E-state index contributed by atoms with van der Waals surface area (Å²) in [7, 11) is 3.43. The van der Waals surface area contributed by atoms with Gasteiger partial charge in [0, 0.05) is 18.8 Å². The zero-order valence-corrected chi connectivity index (χ0v) is 11.7. The zero-order chi connectivity index (χ0) is 13.7. The first-order valence-electron chi connectivity index (χ1n) is 6.89. The van der Waals surface area contributed by atoms with Crippen LogP contribution in [0.2, 0.25) is 0 Å². The lowest BCUT2D eigenvalue weighted by atomic mass is 9.96. The first-order valence-corrected chi connectivity index (χ1v) is 6.89. The van der Waals surface area contributed by atoms with Crippen molar-refractivity contribution in [1.29, 1.82) is 0 Å². The lowest BCUT2D eigenvalue weighted by molar-refractivity contribution is 0.239. The second kappa shape index (κ2) is 6.45. The molecular formula is C15H22N2O2. The van der Waals surface area contributed by atoms with Crippen LogP contribution in [0.1, 0.15) is 32.1 Å². The number of rotatable bonds is 3. The van der Waals surface area contributed by atoms with Crippen LogP contribution in [0, 0.1) is 0 Å². The minimum absolute atomic E-state index is 0.0305. The van der Waals surface area contributed by atoms with E-state index in [2.05, 4.69) is 5.32 Å². The molecule has 0 spiro atoms. The number of hydrogen-bond acceptors (Lipinski definition) is 2. The molecule has 1 aliphatic carbocycles. The molecule has 1 aliphatic rings. The second-order valence-electron chi connectivity index (χ2n) is 5.04. The fourth-order valence-electron chi connectivity index (χ4n) is 2.44. The van der Waals surface area contributed by atoms with Gasteiger partial charge in [0.15, 0.2) is 0 Å². The molecule has 4 heteroatoms. The molecule has 0 atom stereocenters. The maximum Gasteiger partial charge on any atom is 0.321 e. The Morgan fingerprint density at radius 1 is 1.21 bits per heavy atom. The van der Waals surface area contributed by atoms with E-state index in [-0.39, 0.29) is 6.03 Å². The normalized spacial score (nSPS) is 15.9. The van der Waals surface area contributed by atoms with Crippen molar-refractivity contribution in [2.75, 3.05) is 19.1 Å². The van der Waals surface area contributed by atoms with Gasteiger partial charge in [-0.05, 0) is 37.1 Å². The maximum atomic E-state index is 12.1. The van der Waals surface area contributed by atoms with Crippen LogP contribution in [0.15, 0.2) is 24.3 Å². The second-order valence-corrected chi connectivity index (χ2v) is 5.04. The quantitative estimate of drug-likeness (QED) is 0.909. The van der Waals surface area contributed by atoms with Crippen LogP contribution in [0.3, 0.4) is 0 Å². The fourth-order valence-corrected chi connectivity index (χ4v) is 2.44. The van der Waals surface area contributed by atoms with Gasteiger partial charge in [-0.25, -0.2) is 4.79 Å². The molecule has 2 rings (SSSR count). The van der Waals surface area contributed by atoms with E-state index in [0.717, 1.165) is 24.3 Å². The highest BCUT2D eigenvalue weighted by atomic mass is 16.5. The highest BCUT2D eigenvalue weighted by Crippen LogP contribution is 2.20. The molecule has 0 saturated heterocycles. The van der Waals surface area contributed by atoms with Crippen LogP contribution >= 0.6 is 0 Å². The van der Waals surface area contributed by atoms with Gasteiger partial charge in [-0.3, -0.25) is 4.90 Å². The summed E-state index contributed by atoms with van der Waals surface area (Å²) in [5.41, 5.74) is 0.870. The Kier molecular flexibility index (Phi) is 4.66. The van der Waals surface area contributed by atoms with Crippen molar-refractivity contribution in [2.24, 2.45) is 0 Å². The molecule has 19 heavy (non-hydrogen) atoms. The first-order chi connectivity index (χ1) is 9.20. The van der Waals surface area contributed by atoms with Crippen molar-refractivity contribution in [3.63, 3.8) is 0 Å². The Balaban J connectivity index is 1.93. The molecule has 104 valence electrons. The molecule has 0 bridgehead atoms. The minimum atomic E-state index is -0.0305. The first kappa shape index (κ1) is 13.7. The monoisotopic (exact) mass is 262 g/mol. The van der Waals surface area contributed by atoms with Gasteiger partial charge < -0.3 is 10.1 Å². The Hall–Kier alpha value is -1.71. The summed E-state index contributed by atoms with van der Waals surface area (Å²) in [5.74, 6) is 0.796. The van der Waals surface area contributed by atoms with E-state index < -0.39 is 0 Å². The molecule has 1 aromatic carbocycles. The van der Waals surface area contributed by atoms with Crippen molar-refractivity contribution >= 4 is 11.7 Å².